The third-order valence-electron chi connectivity index (χ3n) is 2.59. The largest absolute Gasteiger partial charge is 0.497 e. The molecule has 0 radical (unpaired) electrons. The summed E-state index contributed by atoms with van der Waals surface area (Å²) in [5.41, 5.74) is 0.906. The lowest BCUT2D eigenvalue weighted by Gasteiger charge is -2.17. The highest BCUT2D eigenvalue weighted by Crippen LogP contribution is 2.16. The van der Waals surface area contributed by atoms with Gasteiger partial charge in [-0.25, -0.2) is 0 Å². The van der Waals surface area contributed by atoms with E-state index in [2.05, 4.69) is 5.32 Å². The molecule has 5 nitrogen and oxygen atoms in total. The van der Waals surface area contributed by atoms with Crippen molar-refractivity contribution in [2.45, 2.75) is 19.1 Å². The predicted octanol–water partition coefficient (Wildman–Crippen LogP) is 1.52. The molecule has 0 saturated carbocycles. The molecule has 0 bridgehead atoms. The molecular weight excluding hydrogens is 246 g/mol. The maximum Gasteiger partial charge on any atom is 0.120 e. The minimum atomic E-state index is -0.564. The highest BCUT2D eigenvalue weighted by molar-refractivity contribution is 5.48. The first-order chi connectivity index (χ1) is 9.15. The first-order valence-corrected chi connectivity index (χ1v) is 6.32. The summed E-state index contributed by atoms with van der Waals surface area (Å²) in [5, 5.41) is 12.9. The molecule has 108 valence electrons. The molecule has 0 aromatic heterocycles. The van der Waals surface area contributed by atoms with Crippen LogP contribution in [0, 0.1) is 0 Å². The topological polar surface area (TPSA) is 60.0 Å². The van der Waals surface area contributed by atoms with Crippen molar-refractivity contribution >= 4 is 5.69 Å². The number of aliphatic hydroxyl groups is 1. The SMILES string of the molecule is COCC(C)OCC(O)CNc1cccc(OC)c1. The quantitative estimate of drug-likeness (QED) is 0.712. The Morgan fingerprint density at radius 1 is 1.26 bits per heavy atom. The fourth-order valence-electron chi connectivity index (χ4n) is 1.59. The van der Waals surface area contributed by atoms with Crippen LogP contribution < -0.4 is 10.1 Å². The zero-order valence-corrected chi connectivity index (χ0v) is 11.8. The van der Waals surface area contributed by atoms with Gasteiger partial charge in [-0.1, -0.05) is 6.07 Å². The molecule has 1 aromatic carbocycles. The van der Waals surface area contributed by atoms with Crippen molar-refractivity contribution in [2.24, 2.45) is 0 Å². The summed E-state index contributed by atoms with van der Waals surface area (Å²) in [5.74, 6) is 0.782. The number of benzene rings is 1. The number of methoxy groups -OCH3 is 2. The molecule has 0 aliphatic carbocycles. The van der Waals surface area contributed by atoms with E-state index in [1.807, 2.05) is 31.2 Å². The van der Waals surface area contributed by atoms with E-state index in [0.717, 1.165) is 11.4 Å². The number of aliphatic hydroxyl groups excluding tert-OH is 1. The number of anilines is 1. The highest BCUT2D eigenvalue weighted by atomic mass is 16.5. The molecule has 0 saturated heterocycles. The molecule has 2 unspecified atom stereocenters. The first kappa shape index (κ1) is 15.8. The zero-order valence-electron chi connectivity index (χ0n) is 11.8. The molecule has 0 spiro atoms. The van der Waals surface area contributed by atoms with Gasteiger partial charge in [0.1, 0.15) is 5.75 Å². The van der Waals surface area contributed by atoms with E-state index in [0.29, 0.717) is 13.2 Å². The van der Waals surface area contributed by atoms with Crippen molar-refractivity contribution in [1.29, 1.82) is 0 Å². The molecule has 0 aliphatic rings. The third-order valence-corrected chi connectivity index (χ3v) is 2.59. The van der Waals surface area contributed by atoms with Crippen LogP contribution in [0.4, 0.5) is 5.69 Å². The Balaban J connectivity index is 2.27. The Kier molecular flexibility index (Phi) is 7.25. The second kappa shape index (κ2) is 8.74. The van der Waals surface area contributed by atoms with Gasteiger partial charge in [-0.3, -0.25) is 0 Å². The minimum absolute atomic E-state index is 0.0172. The van der Waals surface area contributed by atoms with Gasteiger partial charge >= 0.3 is 0 Å². The zero-order chi connectivity index (χ0) is 14.1. The predicted molar refractivity (Wildman–Crippen MR) is 74.8 cm³/mol. The van der Waals surface area contributed by atoms with E-state index in [-0.39, 0.29) is 12.7 Å². The fourth-order valence-corrected chi connectivity index (χ4v) is 1.59. The molecule has 2 atom stereocenters. The second-order valence-corrected chi connectivity index (χ2v) is 4.37. The summed E-state index contributed by atoms with van der Waals surface area (Å²) in [6, 6.07) is 7.56. The Morgan fingerprint density at radius 3 is 2.74 bits per heavy atom. The van der Waals surface area contributed by atoms with Crippen LogP contribution in [-0.2, 0) is 9.47 Å². The van der Waals surface area contributed by atoms with Gasteiger partial charge < -0.3 is 24.6 Å². The van der Waals surface area contributed by atoms with Crippen LogP contribution in [0.15, 0.2) is 24.3 Å². The van der Waals surface area contributed by atoms with Crippen molar-refractivity contribution in [1.82, 2.24) is 0 Å². The van der Waals surface area contributed by atoms with E-state index in [1.54, 1.807) is 14.2 Å². The Labute approximate surface area is 114 Å². The number of ether oxygens (including phenoxy) is 3. The van der Waals surface area contributed by atoms with Crippen LogP contribution in [0.3, 0.4) is 0 Å². The smallest absolute Gasteiger partial charge is 0.120 e. The first-order valence-electron chi connectivity index (χ1n) is 6.32. The average Bonchev–Trinajstić information content (AvgIpc) is 2.43. The summed E-state index contributed by atoms with van der Waals surface area (Å²) >= 11 is 0. The summed E-state index contributed by atoms with van der Waals surface area (Å²) in [4.78, 5) is 0. The van der Waals surface area contributed by atoms with E-state index in [9.17, 15) is 5.11 Å². The summed E-state index contributed by atoms with van der Waals surface area (Å²) < 4.78 is 15.5. The number of hydrogen-bond donors (Lipinski definition) is 2. The molecule has 0 aliphatic heterocycles. The van der Waals surface area contributed by atoms with Crippen LogP contribution in [0.2, 0.25) is 0 Å². The molecule has 2 N–H and O–H groups in total. The van der Waals surface area contributed by atoms with Crippen LogP contribution in [0.25, 0.3) is 0 Å². The van der Waals surface area contributed by atoms with Gasteiger partial charge in [0, 0.05) is 25.4 Å². The lowest BCUT2D eigenvalue weighted by molar-refractivity contribution is -0.0282. The van der Waals surface area contributed by atoms with E-state index in [4.69, 9.17) is 14.2 Å². The Morgan fingerprint density at radius 2 is 2.05 bits per heavy atom. The number of nitrogens with one attached hydrogen (secondary N) is 1. The van der Waals surface area contributed by atoms with E-state index >= 15 is 0 Å². The van der Waals surface area contributed by atoms with Gasteiger partial charge in [-0.15, -0.1) is 0 Å². The molecule has 0 amide bonds. The maximum atomic E-state index is 9.79. The standard InChI is InChI=1S/C14H23NO4/c1-11(9-17-2)19-10-13(16)8-15-12-5-4-6-14(7-12)18-3/h4-7,11,13,15-16H,8-10H2,1-3H3. The van der Waals surface area contributed by atoms with Crippen molar-refractivity contribution in [3.05, 3.63) is 24.3 Å². The van der Waals surface area contributed by atoms with Crippen molar-refractivity contribution in [3.8, 4) is 5.75 Å². The summed E-state index contributed by atoms with van der Waals surface area (Å²) in [7, 11) is 3.25. The van der Waals surface area contributed by atoms with E-state index < -0.39 is 6.10 Å². The summed E-state index contributed by atoms with van der Waals surface area (Å²) in [6.07, 6.45) is -0.582. The van der Waals surface area contributed by atoms with Crippen molar-refractivity contribution in [3.63, 3.8) is 0 Å². The lowest BCUT2D eigenvalue weighted by Crippen LogP contribution is -2.28. The molecule has 19 heavy (non-hydrogen) atoms. The van der Waals surface area contributed by atoms with Crippen molar-refractivity contribution in [2.75, 3.05) is 39.3 Å². The normalized spacial score (nSPS) is 13.9. The van der Waals surface area contributed by atoms with E-state index in [1.165, 1.54) is 0 Å². The van der Waals surface area contributed by atoms with Gasteiger partial charge in [0.25, 0.3) is 0 Å². The average molecular weight is 269 g/mol. The lowest BCUT2D eigenvalue weighted by atomic mass is 10.3. The Bertz CT molecular complexity index is 359. The minimum Gasteiger partial charge on any atom is -0.497 e. The van der Waals surface area contributed by atoms with Gasteiger partial charge in [-0.2, -0.15) is 0 Å². The second-order valence-electron chi connectivity index (χ2n) is 4.37. The van der Waals surface area contributed by atoms with Crippen LogP contribution >= 0.6 is 0 Å². The summed E-state index contributed by atoms with van der Waals surface area (Å²) in [6.45, 7) is 3.14. The molecule has 1 rings (SSSR count). The fraction of sp³-hybridized carbons (Fsp3) is 0.571. The Hall–Kier alpha value is -1.30. The molecule has 0 fully saturated rings. The van der Waals surface area contributed by atoms with Gasteiger partial charge in [0.2, 0.25) is 0 Å². The van der Waals surface area contributed by atoms with Crippen LogP contribution in [0.1, 0.15) is 6.92 Å². The number of rotatable bonds is 9. The molecule has 1 aromatic rings. The van der Waals surface area contributed by atoms with Crippen molar-refractivity contribution < 1.29 is 19.3 Å². The number of hydrogen-bond acceptors (Lipinski definition) is 5. The third kappa shape index (κ3) is 6.42. The van der Waals surface area contributed by atoms with Crippen LogP contribution in [-0.4, -0.2) is 51.3 Å². The molecule has 0 heterocycles. The molecule has 5 heteroatoms. The maximum absolute atomic E-state index is 9.79. The van der Waals surface area contributed by atoms with Gasteiger partial charge in [-0.05, 0) is 19.1 Å². The van der Waals surface area contributed by atoms with Crippen LogP contribution in [0.5, 0.6) is 5.75 Å². The van der Waals surface area contributed by atoms with Gasteiger partial charge in [0.05, 0.1) is 32.5 Å². The monoisotopic (exact) mass is 269 g/mol. The van der Waals surface area contributed by atoms with Gasteiger partial charge in [0.15, 0.2) is 0 Å². The molecular formula is C14H23NO4. The highest BCUT2D eigenvalue weighted by Gasteiger charge is 2.08.